The molecule has 1 fully saturated rings. The molecule has 0 bridgehead atoms. The van der Waals surface area contributed by atoms with Crippen LogP contribution in [-0.2, 0) is 9.47 Å². The monoisotopic (exact) mass is 342 g/mol. The lowest BCUT2D eigenvalue weighted by atomic mass is 10.3. The second-order valence-corrected chi connectivity index (χ2v) is 6.13. The van der Waals surface area contributed by atoms with E-state index >= 15 is 0 Å². The normalized spacial score (nSPS) is 18.3. The maximum atomic E-state index is 5.76. The van der Waals surface area contributed by atoms with Crippen molar-refractivity contribution in [2.75, 3.05) is 59.1 Å². The van der Waals surface area contributed by atoms with E-state index in [-0.39, 0.29) is 0 Å². The van der Waals surface area contributed by atoms with Gasteiger partial charge in [-0.3, -0.25) is 4.99 Å². The van der Waals surface area contributed by atoms with Gasteiger partial charge in [0.1, 0.15) is 0 Å². The molecule has 142 valence electrons. The topological polar surface area (TPSA) is 58.1 Å². The lowest BCUT2D eigenvalue weighted by molar-refractivity contribution is 0.0424. The van der Waals surface area contributed by atoms with Gasteiger partial charge in [0.05, 0.1) is 12.7 Å². The van der Waals surface area contributed by atoms with Crippen molar-refractivity contribution in [1.82, 2.24) is 15.5 Å². The number of nitrogens with one attached hydrogen (secondary N) is 2. The fourth-order valence-electron chi connectivity index (χ4n) is 2.70. The lowest BCUT2D eigenvalue weighted by Gasteiger charge is -2.18. The van der Waals surface area contributed by atoms with Gasteiger partial charge >= 0.3 is 0 Å². The summed E-state index contributed by atoms with van der Waals surface area (Å²) in [5.74, 6) is 0.921. The average Bonchev–Trinajstić information content (AvgIpc) is 3.11. The van der Waals surface area contributed by atoms with Crippen molar-refractivity contribution >= 4 is 5.96 Å². The molecule has 1 aliphatic heterocycles. The number of rotatable bonds is 13. The van der Waals surface area contributed by atoms with E-state index in [0.29, 0.717) is 6.10 Å². The van der Waals surface area contributed by atoms with Crippen LogP contribution in [0.25, 0.3) is 0 Å². The molecule has 0 saturated carbocycles. The Morgan fingerprint density at radius 3 is 2.67 bits per heavy atom. The molecule has 0 aliphatic carbocycles. The molecule has 0 aromatic rings. The summed E-state index contributed by atoms with van der Waals surface area (Å²) in [5.41, 5.74) is 0. The highest BCUT2D eigenvalue weighted by molar-refractivity contribution is 5.79. The quantitative estimate of drug-likeness (QED) is 0.304. The molecule has 24 heavy (non-hydrogen) atoms. The van der Waals surface area contributed by atoms with Gasteiger partial charge in [-0.2, -0.15) is 0 Å². The van der Waals surface area contributed by atoms with Gasteiger partial charge in [-0.1, -0.05) is 13.8 Å². The first kappa shape index (κ1) is 21.2. The van der Waals surface area contributed by atoms with Crippen molar-refractivity contribution < 1.29 is 9.47 Å². The van der Waals surface area contributed by atoms with E-state index in [1.165, 1.54) is 19.4 Å². The molecule has 1 heterocycles. The first-order chi connectivity index (χ1) is 11.8. The summed E-state index contributed by atoms with van der Waals surface area (Å²) >= 11 is 0. The minimum Gasteiger partial charge on any atom is -0.379 e. The molecule has 2 N–H and O–H groups in total. The molecule has 0 aromatic carbocycles. The maximum absolute atomic E-state index is 5.76. The van der Waals surface area contributed by atoms with Crippen LogP contribution in [-0.4, -0.2) is 76.1 Å². The minimum atomic E-state index is 0.297. The van der Waals surface area contributed by atoms with Gasteiger partial charge in [0, 0.05) is 32.8 Å². The predicted octanol–water partition coefficient (Wildman–Crippen LogP) is 1.86. The van der Waals surface area contributed by atoms with Crippen LogP contribution in [0.4, 0.5) is 0 Å². The van der Waals surface area contributed by atoms with Crippen molar-refractivity contribution in [3.8, 4) is 0 Å². The van der Waals surface area contributed by atoms with Gasteiger partial charge in [0.2, 0.25) is 0 Å². The van der Waals surface area contributed by atoms with Gasteiger partial charge in [-0.05, 0) is 52.2 Å². The second kappa shape index (κ2) is 14.5. The number of hydrogen-bond acceptors (Lipinski definition) is 4. The molecule has 1 rings (SSSR count). The van der Waals surface area contributed by atoms with Crippen molar-refractivity contribution in [1.29, 1.82) is 0 Å². The third-order valence-corrected chi connectivity index (χ3v) is 4.25. The fraction of sp³-hybridized carbons (Fsp3) is 0.944. The Labute approximate surface area is 148 Å². The molecule has 0 radical (unpaired) electrons. The number of unbranched alkanes of at least 4 members (excludes halogenated alkanes) is 1. The second-order valence-electron chi connectivity index (χ2n) is 6.13. The van der Waals surface area contributed by atoms with Gasteiger partial charge < -0.3 is 25.0 Å². The van der Waals surface area contributed by atoms with Crippen LogP contribution in [0.15, 0.2) is 4.99 Å². The zero-order valence-corrected chi connectivity index (χ0v) is 16.0. The molecular weight excluding hydrogens is 304 g/mol. The highest BCUT2D eigenvalue weighted by atomic mass is 16.5. The highest BCUT2D eigenvalue weighted by Gasteiger charge is 2.15. The Morgan fingerprint density at radius 2 is 2.00 bits per heavy atom. The summed E-state index contributed by atoms with van der Waals surface area (Å²) in [7, 11) is 0. The minimum absolute atomic E-state index is 0.297. The molecule has 1 unspecified atom stereocenters. The van der Waals surface area contributed by atoms with Crippen LogP contribution >= 0.6 is 0 Å². The summed E-state index contributed by atoms with van der Waals surface area (Å²) in [6.45, 7) is 15.0. The summed E-state index contributed by atoms with van der Waals surface area (Å²) in [5, 5.41) is 6.73. The largest absolute Gasteiger partial charge is 0.379 e. The standard InChI is InChI=1S/C18H38N4O2/c1-4-19-18(20-11-7-8-13-22(5-2)6-3)21-12-9-14-24-17-10-15-23-16-17/h17H,4-16H2,1-3H3,(H2,19,20,21). The SMILES string of the molecule is CCNC(=NCCCOC1CCOC1)NCCCCN(CC)CC. The van der Waals surface area contributed by atoms with E-state index in [1.807, 2.05) is 0 Å². The van der Waals surface area contributed by atoms with E-state index < -0.39 is 0 Å². The molecule has 6 nitrogen and oxygen atoms in total. The van der Waals surface area contributed by atoms with Gasteiger partial charge in [-0.15, -0.1) is 0 Å². The number of guanidine groups is 1. The Morgan fingerprint density at radius 1 is 1.17 bits per heavy atom. The first-order valence-electron chi connectivity index (χ1n) is 9.74. The van der Waals surface area contributed by atoms with Crippen LogP contribution in [0.1, 0.15) is 46.5 Å². The third kappa shape index (κ3) is 10.1. The van der Waals surface area contributed by atoms with E-state index in [0.717, 1.165) is 71.3 Å². The van der Waals surface area contributed by atoms with E-state index in [4.69, 9.17) is 9.47 Å². The number of nitrogens with zero attached hydrogens (tertiary/aromatic N) is 2. The molecule has 1 atom stereocenters. The number of aliphatic imine (C=N–C) groups is 1. The summed E-state index contributed by atoms with van der Waals surface area (Å²) in [4.78, 5) is 7.08. The van der Waals surface area contributed by atoms with Crippen LogP contribution in [0, 0.1) is 0 Å². The lowest BCUT2D eigenvalue weighted by Crippen LogP contribution is -2.38. The van der Waals surface area contributed by atoms with Crippen molar-refractivity contribution in [3.05, 3.63) is 0 Å². The smallest absolute Gasteiger partial charge is 0.191 e. The molecule has 1 saturated heterocycles. The van der Waals surface area contributed by atoms with Gasteiger partial charge in [-0.25, -0.2) is 0 Å². The van der Waals surface area contributed by atoms with E-state index in [9.17, 15) is 0 Å². The number of hydrogen-bond donors (Lipinski definition) is 2. The highest BCUT2D eigenvalue weighted by Crippen LogP contribution is 2.08. The zero-order valence-electron chi connectivity index (χ0n) is 16.0. The maximum Gasteiger partial charge on any atom is 0.191 e. The van der Waals surface area contributed by atoms with E-state index in [1.54, 1.807) is 0 Å². The van der Waals surface area contributed by atoms with Crippen molar-refractivity contribution in [2.45, 2.75) is 52.6 Å². The summed E-state index contributed by atoms with van der Waals surface area (Å²) in [6, 6.07) is 0. The van der Waals surface area contributed by atoms with Gasteiger partial charge in [0.15, 0.2) is 5.96 Å². The molecule has 6 heteroatoms. The molecular formula is C18H38N4O2. The van der Waals surface area contributed by atoms with Crippen molar-refractivity contribution in [3.63, 3.8) is 0 Å². The predicted molar refractivity (Wildman–Crippen MR) is 101 cm³/mol. The van der Waals surface area contributed by atoms with Gasteiger partial charge in [0.25, 0.3) is 0 Å². The molecule has 0 amide bonds. The Hall–Kier alpha value is -0.850. The van der Waals surface area contributed by atoms with Crippen LogP contribution in [0.3, 0.4) is 0 Å². The summed E-state index contributed by atoms with van der Waals surface area (Å²) in [6.07, 6.45) is 4.68. The molecule has 1 aliphatic rings. The fourth-order valence-corrected chi connectivity index (χ4v) is 2.70. The molecule has 0 aromatic heterocycles. The average molecular weight is 343 g/mol. The number of ether oxygens (including phenoxy) is 2. The Balaban J connectivity index is 2.08. The van der Waals surface area contributed by atoms with Crippen LogP contribution < -0.4 is 10.6 Å². The first-order valence-corrected chi connectivity index (χ1v) is 9.74. The van der Waals surface area contributed by atoms with Crippen molar-refractivity contribution in [2.24, 2.45) is 4.99 Å². The molecule has 0 spiro atoms. The Kier molecular flexibility index (Phi) is 12.8. The van der Waals surface area contributed by atoms with Crippen LogP contribution in [0.2, 0.25) is 0 Å². The Bertz CT molecular complexity index is 316. The summed E-state index contributed by atoms with van der Waals surface area (Å²) < 4.78 is 11.1. The van der Waals surface area contributed by atoms with Crippen LogP contribution in [0.5, 0.6) is 0 Å². The third-order valence-electron chi connectivity index (χ3n) is 4.25. The zero-order chi connectivity index (χ0) is 17.5. The van der Waals surface area contributed by atoms with E-state index in [2.05, 4.69) is 41.3 Å².